The van der Waals surface area contributed by atoms with Gasteiger partial charge in [-0.25, -0.2) is 5.43 Å². The first kappa shape index (κ1) is 18.4. The van der Waals surface area contributed by atoms with E-state index >= 15 is 0 Å². The van der Waals surface area contributed by atoms with Gasteiger partial charge in [-0.1, -0.05) is 31.7 Å². The smallest absolute Gasteiger partial charge is 0.244 e. The van der Waals surface area contributed by atoms with E-state index in [1.54, 1.807) is 12.3 Å². The summed E-state index contributed by atoms with van der Waals surface area (Å²) in [7, 11) is 0. The number of pyridine rings is 1. The van der Waals surface area contributed by atoms with Crippen molar-refractivity contribution in [1.82, 2.24) is 10.4 Å². The normalized spacial score (nSPS) is 11.2. The van der Waals surface area contributed by atoms with Crippen LogP contribution in [-0.4, -0.2) is 16.6 Å². The monoisotopic (exact) mass is 336 g/mol. The minimum Gasteiger partial charge on any atom is -0.398 e. The topological polar surface area (TPSA) is 80.4 Å². The molecule has 0 saturated heterocycles. The Hall–Kier alpha value is -2.95. The molecule has 5 heteroatoms. The maximum absolute atomic E-state index is 12.1. The molecule has 2 rings (SSSR count). The molecule has 3 N–H and O–H groups in total. The minimum atomic E-state index is -0.214. The number of aryl methyl sites for hydroxylation is 3. The van der Waals surface area contributed by atoms with Gasteiger partial charge in [-0.15, -0.1) is 0 Å². The zero-order valence-corrected chi connectivity index (χ0v) is 15.0. The van der Waals surface area contributed by atoms with Crippen LogP contribution in [0.1, 0.15) is 34.9 Å². The van der Waals surface area contributed by atoms with Gasteiger partial charge in [0.25, 0.3) is 0 Å². The third-order valence-corrected chi connectivity index (χ3v) is 4.04. The highest BCUT2D eigenvalue weighted by molar-refractivity contribution is 6.13. The fraction of sp³-hybridized carbons (Fsp3) is 0.250. The predicted molar refractivity (Wildman–Crippen MR) is 103 cm³/mol. The van der Waals surface area contributed by atoms with Crippen molar-refractivity contribution in [1.29, 1.82) is 0 Å². The van der Waals surface area contributed by atoms with Gasteiger partial charge in [-0.3, -0.25) is 9.78 Å². The number of allylic oxidation sites excluding steroid dienone is 1. The molecule has 1 heterocycles. The van der Waals surface area contributed by atoms with Gasteiger partial charge in [0.1, 0.15) is 0 Å². The van der Waals surface area contributed by atoms with Gasteiger partial charge in [0.2, 0.25) is 5.91 Å². The molecule has 0 atom stereocenters. The van der Waals surface area contributed by atoms with Crippen molar-refractivity contribution in [2.45, 2.75) is 33.6 Å². The quantitative estimate of drug-likeness (QED) is 0.483. The predicted octanol–water partition coefficient (Wildman–Crippen LogP) is 3.09. The first-order valence-electron chi connectivity index (χ1n) is 8.25. The van der Waals surface area contributed by atoms with Crippen LogP contribution in [0.25, 0.3) is 0 Å². The van der Waals surface area contributed by atoms with Crippen LogP contribution in [0.5, 0.6) is 0 Å². The molecule has 0 spiro atoms. The van der Waals surface area contributed by atoms with Crippen LogP contribution in [0.2, 0.25) is 0 Å². The van der Waals surface area contributed by atoms with E-state index in [0.29, 0.717) is 11.4 Å². The lowest BCUT2D eigenvalue weighted by Crippen LogP contribution is -2.22. The third-order valence-electron chi connectivity index (χ3n) is 4.04. The lowest BCUT2D eigenvalue weighted by Gasteiger charge is -2.12. The molecule has 1 amide bonds. The average molecular weight is 336 g/mol. The van der Waals surface area contributed by atoms with E-state index in [1.165, 1.54) is 0 Å². The fourth-order valence-electron chi connectivity index (χ4n) is 2.49. The summed E-state index contributed by atoms with van der Waals surface area (Å²) < 4.78 is 0. The Labute approximate surface area is 148 Å². The summed E-state index contributed by atoms with van der Waals surface area (Å²) in [5.41, 5.74) is 14.5. The molecule has 1 aromatic carbocycles. The SMILES string of the molecule is C=C/C(=N\NC(=O)Cc1ccc(CC)nc1)c1c(C)ccc(C)c1N. The summed E-state index contributed by atoms with van der Waals surface area (Å²) in [5.74, 6) is -0.214. The molecule has 0 fully saturated rings. The van der Waals surface area contributed by atoms with Gasteiger partial charge in [0.05, 0.1) is 12.1 Å². The standard InChI is InChI=1S/C20H24N4O/c1-5-16-10-9-15(12-22-16)11-18(25)24-23-17(6-2)19-13(3)7-8-14(4)20(19)21/h6-10,12H,2,5,11,21H2,1,3-4H3,(H,24,25)/b23-17+. The maximum Gasteiger partial charge on any atom is 0.244 e. The second-order valence-corrected chi connectivity index (χ2v) is 5.91. The van der Waals surface area contributed by atoms with E-state index in [1.807, 2.05) is 45.0 Å². The molecule has 0 bridgehead atoms. The van der Waals surface area contributed by atoms with Crippen molar-refractivity contribution in [3.8, 4) is 0 Å². The lowest BCUT2D eigenvalue weighted by molar-refractivity contribution is -0.120. The first-order chi connectivity index (χ1) is 12.0. The molecule has 2 aromatic rings. The Morgan fingerprint density at radius 3 is 2.60 bits per heavy atom. The number of hydrogen-bond donors (Lipinski definition) is 2. The zero-order valence-electron chi connectivity index (χ0n) is 15.0. The van der Waals surface area contributed by atoms with Crippen LogP contribution >= 0.6 is 0 Å². The second kappa shape index (κ2) is 8.24. The van der Waals surface area contributed by atoms with Crippen LogP contribution < -0.4 is 11.2 Å². The van der Waals surface area contributed by atoms with Gasteiger partial charge >= 0.3 is 0 Å². The summed E-state index contributed by atoms with van der Waals surface area (Å²) in [6.45, 7) is 9.71. The van der Waals surface area contributed by atoms with E-state index < -0.39 is 0 Å². The number of aromatic nitrogens is 1. The summed E-state index contributed by atoms with van der Waals surface area (Å²) in [6, 6.07) is 7.77. The highest BCUT2D eigenvalue weighted by atomic mass is 16.2. The van der Waals surface area contributed by atoms with Crippen molar-refractivity contribution < 1.29 is 4.79 Å². The number of carbonyl (C=O) groups excluding carboxylic acids is 1. The molecule has 0 aliphatic carbocycles. The number of hydrazone groups is 1. The number of nitrogen functional groups attached to an aromatic ring is 1. The minimum absolute atomic E-state index is 0.214. The number of carbonyl (C=O) groups is 1. The third kappa shape index (κ3) is 4.53. The molecular weight excluding hydrogens is 312 g/mol. The molecule has 0 aliphatic heterocycles. The van der Waals surface area contributed by atoms with E-state index in [-0.39, 0.29) is 12.3 Å². The number of anilines is 1. The van der Waals surface area contributed by atoms with Gasteiger partial charge in [0, 0.05) is 23.1 Å². The zero-order chi connectivity index (χ0) is 18.4. The van der Waals surface area contributed by atoms with Gasteiger partial charge in [-0.2, -0.15) is 5.10 Å². The van der Waals surface area contributed by atoms with Crippen LogP contribution in [-0.2, 0) is 17.6 Å². The molecular formula is C20H24N4O. The lowest BCUT2D eigenvalue weighted by atomic mass is 9.98. The average Bonchev–Trinajstić information content (AvgIpc) is 2.61. The van der Waals surface area contributed by atoms with Crippen LogP contribution in [0, 0.1) is 13.8 Å². The highest BCUT2D eigenvalue weighted by Gasteiger charge is 2.11. The van der Waals surface area contributed by atoms with Gasteiger partial charge in [0.15, 0.2) is 0 Å². The van der Waals surface area contributed by atoms with Crippen molar-refractivity contribution in [2.24, 2.45) is 5.10 Å². The largest absolute Gasteiger partial charge is 0.398 e. The molecule has 0 radical (unpaired) electrons. The summed E-state index contributed by atoms with van der Waals surface area (Å²) >= 11 is 0. The summed E-state index contributed by atoms with van der Waals surface area (Å²) in [6.07, 6.45) is 4.40. The molecule has 1 aromatic heterocycles. The van der Waals surface area contributed by atoms with Crippen molar-refractivity contribution in [3.63, 3.8) is 0 Å². The van der Waals surface area contributed by atoms with E-state index in [4.69, 9.17) is 5.73 Å². The summed E-state index contributed by atoms with van der Waals surface area (Å²) in [5, 5.41) is 4.20. The van der Waals surface area contributed by atoms with E-state index in [0.717, 1.165) is 34.4 Å². The molecule has 130 valence electrons. The number of hydrogen-bond acceptors (Lipinski definition) is 4. The number of nitrogens with zero attached hydrogens (tertiary/aromatic N) is 2. The van der Waals surface area contributed by atoms with Crippen molar-refractivity contribution in [2.75, 3.05) is 5.73 Å². The molecule has 0 aliphatic rings. The second-order valence-electron chi connectivity index (χ2n) is 5.91. The van der Waals surface area contributed by atoms with Gasteiger partial charge in [-0.05, 0) is 49.1 Å². The van der Waals surface area contributed by atoms with Crippen LogP contribution in [0.4, 0.5) is 5.69 Å². The number of nitrogens with one attached hydrogen (secondary N) is 1. The number of rotatable bonds is 6. The maximum atomic E-state index is 12.1. The highest BCUT2D eigenvalue weighted by Crippen LogP contribution is 2.22. The number of benzene rings is 1. The Morgan fingerprint density at radius 2 is 2.00 bits per heavy atom. The Morgan fingerprint density at radius 1 is 1.28 bits per heavy atom. The molecule has 5 nitrogen and oxygen atoms in total. The summed E-state index contributed by atoms with van der Waals surface area (Å²) in [4.78, 5) is 16.4. The molecule has 25 heavy (non-hydrogen) atoms. The van der Waals surface area contributed by atoms with Crippen LogP contribution in [0.3, 0.4) is 0 Å². The van der Waals surface area contributed by atoms with Crippen LogP contribution in [0.15, 0.2) is 48.2 Å². The first-order valence-corrected chi connectivity index (χ1v) is 8.25. The Bertz CT molecular complexity index is 807. The van der Waals surface area contributed by atoms with Gasteiger partial charge < -0.3 is 5.73 Å². The van der Waals surface area contributed by atoms with E-state index in [9.17, 15) is 4.79 Å². The molecule has 0 unspecified atom stereocenters. The molecule has 0 saturated carbocycles. The van der Waals surface area contributed by atoms with Crippen molar-refractivity contribution >= 4 is 17.3 Å². The Balaban J connectivity index is 2.14. The fourth-order valence-corrected chi connectivity index (χ4v) is 2.49. The number of amides is 1. The Kier molecular flexibility index (Phi) is 6.06. The van der Waals surface area contributed by atoms with E-state index in [2.05, 4.69) is 22.1 Å². The number of nitrogens with two attached hydrogens (primary N) is 1. The van der Waals surface area contributed by atoms with Crippen molar-refractivity contribution in [3.05, 3.63) is 71.1 Å².